The van der Waals surface area contributed by atoms with E-state index in [4.69, 9.17) is 34.8 Å². The molecule has 1 aliphatic carbocycles. The van der Waals surface area contributed by atoms with Crippen LogP contribution in [0.3, 0.4) is 0 Å². The molecule has 0 radical (unpaired) electrons. The van der Waals surface area contributed by atoms with Crippen molar-refractivity contribution in [1.82, 2.24) is 15.6 Å². The number of amidine groups is 1. The minimum atomic E-state index is -1.46. The number of anilines is 1. The Hall–Kier alpha value is -5.84. The Bertz CT molecular complexity index is 1860. The molecule has 0 aliphatic heterocycles. The summed E-state index contributed by atoms with van der Waals surface area (Å²) in [5.74, 6) is -1.59. The standard InChI is InChI=1S/C38H46N6O10/c1-7-24-16-29(34(45)42-26-12-10-25(11-13-26)33(40)44-37(48)52-21(4)18-39)28(17-31(24)50-6)27-14-15-30(35(46)41-19-23-8-9-23)43-32(27)36(47)53-22(5)54-38(49)51-20(2)3/h7,10-17,20-23,37,48H,1,8-9,18-19,39H2,2-6H3,(H2,40,44)(H,41,46)(H,42,45). The second kappa shape index (κ2) is 18.8. The Morgan fingerprint density at radius 1 is 1.00 bits per heavy atom. The number of esters is 1. The number of pyridine rings is 1. The summed E-state index contributed by atoms with van der Waals surface area (Å²) in [6.45, 7) is 10.7. The molecule has 3 unspecified atom stereocenters. The lowest BCUT2D eigenvalue weighted by atomic mass is 9.94. The molecule has 3 atom stereocenters. The average molecular weight is 747 g/mol. The lowest BCUT2D eigenvalue weighted by Crippen LogP contribution is -2.40. The normalized spacial score (nSPS) is 13.9. The molecule has 2 amide bonds. The van der Waals surface area contributed by atoms with Crippen LogP contribution in [0.5, 0.6) is 5.75 Å². The first-order valence-electron chi connectivity index (χ1n) is 17.3. The van der Waals surface area contributed by atoms with Gasteiger partial charge in [0.25, 0.3) is 11.8 Å². The number of ether oxygens (including phenoxy) is 5. The van der Waals surface area contributed by atoms with E-state index < -0.39 is 48.9 Å². The van der Waals surface area contributed by atoms with Gasteiger partial charge < -0.3 is 50.5 Å². The molecule has 16 heteroatoms. The molecular formula is C38H46N6O10. The number of carbonyl (C=O) groups is 4. The zero-order chi connectivity index (χ0) is 39.5. The summed E-state index contributed by atoms with van der Waals surface area (Å²) in [5.41, 5.74) is 6.67. The van der Waals surface area contributed by atoms with E-state index in [0.717, 1.165) is 12.8 Å². The molecule has 4 rings (SSSR count). The van der Waals surface area contributed by atoms with E-state index in [1.807, 2.05) is 0 Å². The van der Waals surface area contributed by atoms with Gasteiger partial charge in [0.2, 0.25) is 12.7 Å². The van der Waals surface area contributed by atoms with Crippen molar-refractivity contribution in [3.8, 4) is 16.9 Å². The van der Waals surface area contributed by atoms with E-state index in [0.29, 0.717) is 35.0 Å². The van der Waals surface area contributed by atoms with Crippen molar-refractivity contribution in [3.05, 3.63) is 83.2 Å². The molecule has 0 spiro atoms. The molecule has 1 aromatic heterocycles. The van der Waals surface area contributed by atoms with Crippen molar-refractivity contribution >= 4 is 41.5 Å². The lowest BCUT2D eigenvalue weighted by molar-refractivity contribution is -0.135. The summed E-state index contributed by atoms with van der Waals surface area (Å²) >= 11 is 0. The van der Waals surface area contributed by atoms with Crippen LogP contribution in [-0.2, 0) is 18.9 Å². The zero-order valence-electron chi connectivity index (χ0n) is 30.8. The first-order valence-corrected chi connectivity index (χ1v) is 17.3. The van der Waals surface area contributed by atoms with Crippen LogP contribution in [0, 0.1) is 11.3 Å². The molecule has 2 aromatic carbocycles. The van der Waals surface area contributed by atoms with Gasteiger partial charge in [0, 0.05) is 53.5 Å². The highest BCUT2D eigenvalue weighted by atomic mass is 16.8. The van der Waals surface area contributed by atoms with Gasteiger partial charge in [0.1, 0.15) is 17.3 Å². The van der Waals surface area contributed by atoms with Gasteiger partial charge in [0.05, 0.1) is 19.3 Å². The summed E-state index contributed by atoms with van der Waals surface area (Å²) in [4.78, 5) is 57.2. The summed E-state index contributed by atoms with van der Waals surface area (Å²) in [6, 6.07) is 12.2. The van der Waals surface area contributed by atoms with E-state index in [1.54, 1.807) is 45.0 Å². The van der Waals surface area contributed by atoms with Crippen molar-refractivity contribution in [1.29, 1.82) is 5.41 Å². The molecule has 1 aliphatic rings. The van der Waals surface area contributed by atoms with Crippen LogP contribution < -0.4 is 26.4 Å². The number of rotatable bonds is 17. The first kappa shape index (κ1) is 40.9. The summed E-state index contributed by atoms with van der Waals surface area (Å²) in [5, 5.41) is 26.5. The van der Waals surface area contributed by atoms with E-state index in [-0.39, 0.29) is 40.5 Å². The SMILES string of the molecule is C=Cc1cc(C(=O)Nc2ccc(C(=N)NC(O)OC(C)CN)cc2)c(-c2ccc(C(=O)NCC3CC3)nc2C(=O)OC(C)OC(=O)OC(C)C)cc1OC. The third kappa shape index (κ3) is 11.3. The number of hydrogen-bond acceptors (Lipinski definition) is 13. The highest BCUT2D eigenvalue weighted by Gasteiger charge is 2.28. The quantitative estimate of drug-likeness (QED) is 0.0487. The maximum absolute atomic E-state index is 14.0. The fourth-order valence-corrected chi connectivity index (χ4v) is 4.97. The minimum Gasteiger partial charge on any atom is -0.496 e. The van der Waals surface area contributed by atoms with E-state index in [2.05, 4.69) is 27.5 Å². The number of aliphatic hydroxyl groups excluding tert-OH is 1. The fourth-order valence-electron chi connectivity index (χ4n) is 4.97. The van der Waals surface area contributed by atoms with Crippen molar-refractivity contribution in [2.75, 3.05) is 25.5 Å². The number of hydrogen-bond donors (Lipinski definition) is 6. The fraction of sp³-hybridized carbons (Fsp3) is 0.368. The highest BCUT2D eigenvalue weighted by Crippen LogP contribution is 2.35. The van der Waals surface area contributed by atoms with Gasteiger partial charge in [-0.1, -0.05) is 12.7 Å². The number of nitrogens with two attached hydrogens (primary N) is 1. The van der Waals surface area contributed by atoms with Crippen molar-refractivity contribution in [3.63, 3.8) is 0 Å². The molecule has 16 nitrogen and oxygen atoms in total. The number of nitrogens with one attached hydrogen (secondary N) is 4. The number of amides is 2. The Kier molecular flexibility index (Phi) is 14.2. The Morgan fingerprint density at radius 3 is 2.31 bits per heavy atom. The highest BCUT2D eigenvalue weighted by molar-refractivity contribution is 6.11. The van der Waals surface area contributed by atoms with Crippen LogP contribution in [-0.4, -0.2) is 85.0 Å². The molecule has 3 aromatic rings. The number of benzene rings is 2. The van der Waals surface area contributed by atoms with E-state index in [9.17, 15) is 24.3 Å². The molecule has 1 saturated carbocycles. The predicted octanol–water partition coefficient (Wildman–Crippen LogP) is 4.41. The third-order valence-electron chi connectivity index (χ3n) is 7.95. The van der Waals surface area contributed by atoms with Gasteiger partial charge in [-0.3, -0.25) is 15.0 Å². The minimum absolute atomic E-state index is 0.0741. The van der Waals surface area contributed by atoms with Crippen LogP contribution in [0.2, 0.25) is 0 Å². The molecule has 54 heavy (non-hydrogen) atoms. The van der Waals surface area contributed by atoms with Crippen molar-refractivity contribution in [2.45, 2.75) is 65.4 Å². The molecule has 0 bridgehead atoms. The summed E-state index contributed by atoms with van der Waals surface area (Å²) in [6.07, 6.45) is -1.32. The maximum atomic E-state index is 14.0. The maximum Gasteiger partial charge on any atom is 0.511 e. The van der Waals surface area contributed by atoms with E-state index >= 15 is 0 Å². The smallest absolute Gasteiger partial charge is 0.496 e. The Morgan fingerprint density at radius 2 is 1.70 bits per heavy atom. The predicted molar refractivity (Wildman–Crippen MR) is 199 cm³/mol. The lowest BCUT2D eigenvalue weighted by Gasteiger charge is -2.19. The van der Waals surface area contributed by atoms with Crippen LogP contribution in [0.4, 0.5) is 10.5 Å². The van der Waals surface area contributed by atoms with Crippen molar-refractivity contribution in [2.24, 2.45) is 11.7 Å². The number of nitrogens with zero attached hydrogens (tertiary/aromatic N) is 1. The van der Waals surface area contributed by atoms with Crippen LogP contribution in [0.15, 0.2) is 55.1 Å². The number of aliphatic hydroxyl groups is 1. The van der Waals surface area contributed by atoms with Crippen LogP contribution >= 0.6 is 0 Å². The third-order valence-corrected chi connectivity index (χ3v) is 7.95. The van der Waals surface area contributed by atoms with Gasteiger partial charge in [-0.05, 0) is 88.1 Å². The molecule has 7 N–H and O–H groups in total. The van der Waals surface area contributed by atoms with Gasteiger partial charge in [-0.15, -0.1) is 0 Å². The van der Waals surface area contributed by atoms with E-state index in [1.165, 1.54) is 44.4 Å². The first-order chi connectivity index (χ1) is 25.7. The van der Waals surface area contributed by atoms with Gasteiger partial charge in [-0.2, -0.15) is 0 Å². The van der Waals surface area contributed by atoms with Gasteiger partial charge >= 0.3 is 12.1 Å². The molecule has 288 valence electrons. The van der Waals surface area contributed by atoms with Crippen LogP contribution in [0.25, 0.3) is 17.2 Å². The number of aromatic nitrogens is 1. The summed E-state index contributed by atoms with van der Waals surface area (Å²) in [7, 11) is 1.43. The molecule has 1 fully saturated rings. The summed E-state index contributed by atoms with van der Waals surface area (Å²) < 4.78 is 26.3. The zero-order valence-corrected chi connectivity index (χ0v) is 30.8. The number of carbonyl (C=O) groups excluding carboxylic acids is 4. The molecule has 0 saturated heterocycles. The van der Waals surface area contributed by atoms with Crippen LogP contribution in [0.1, 0.15) is 83.0 Å². The van der Waals surface area contributed by atoms with Gasteiger partial charge in [-0.25, -0.2) is 14.6 Å². The monoisotopic (exact) mass is 746 g/mol. The average Bonchev–Trinajstić information content (AvgIpc) is 3.97. The van der Waals surface area contributed by atoms with Gasteiger partial charge in [0.15, 0.2) is 5.69 Å². The largest absolute Gasteiger partial charge is 0.511 e. The second-order valence-electron chi connectivity index (χ2n) is 12.7. The second-order valence-corrected chi connectivity index (χ2v) is 12.7. The molecule has 1 heterocycles. The Balaban J connectivity index is 1.69. The van der Waals surface area contributed by atoms with Crippen molar-refractivity contribution < 1.29 is 48.0 Å². The molecular weight excluding hydrogens is 700 g/mol. The topological polar surface area (TPSA) is 234 Å². The number of methoxy groups -OCH3 is 1. The Labute approximate surface area is 312 Å².